The van der Waals surface area contributed by atoms with E-state index in [2.05, 4.69) is 47.4 Å². The van der Waals surface area contributed by atoms with Crippen LogP contribution in [0.3, 0.4) is 0 Å². The van der Waals surface area contributed by atoms with Gasteiger partial charge >= 0.3 is 0 Å². The maximum atomic E-state index is 9.79. The summed E-state index contributed by atoms with van der Waals surface area (Å²) in [6, 6.07) is 0. The van der Waals surface area contributed by atoms with Gasteiger partial charge in [-0.15, -0.1) is 6.58 Å². The first-order chi connectivity index (χ1) is 7.62. The Bertz CT molecular complexity index is 231. The Morgan fingerprint density at radius 2 is 1.88 bits per heavy atom. The second-order valence-electron chi connectivity index (χ2n) is 6.47. The molecule has 0 radical (unpaired) electrons. The number of aliphatic hydroxyl groups is 1. The molecule has 0 saturated carbocycles. The molecule has 17 heavy (non-hydrogen) atoms. The van der Waals surface area contributed by atoms with E-state index in [1.807, 2.05) is 0 Å². The molecule has 0 aromatic heterocycles. The molecule has 0 spiro atoms. The molecule has 0 unspecified atom stereocenters. The summed E-state index contributed by atoms with van der Waals surface area (Å²) in [5.74, 6) is 0.276. The SMILES string of the molecule is C=CC[C@@H](O)[C@@H](C)CCO[Si](C)(C)C(C)(C)C. The zero-order chi connectivity index (χ0) is 13.7. The quantitative estimate of drug-likeness (QED) is 0.553. The first kappa shape index (κ1) is 16.9. The van der Waals surface area contributed by atoms with Crippen molar-refractivity contribution in [3.63, 3.8) is 0 Å². The highest BCUT2D eigenvalue weighted by Gasteiger charge is 2.37. The Balaban J connectivity index is 4.03. The largest absolute Gasteiger partial charge is 0.417 e. The van der Waals surface area contributed by atoms with Crippen LogP contribution in [0.5, 0.6) is 0 Å². The fourth-order valence-electron chi connectivity index (χ4n) is 1.31. The van der Waals surface area contributed by atoms with Gasteiger partial charge in [-0.1, -0.05) is 33.8 Å². The maximum Gasteiger partial charge on any atom is 0.191 e. The summed E-state index contributed by atoms with van der Waals surface area (Å²) in [7, 11) is -1.63. The van der Waals surface area contributed by atoms with E-state index in [1.54, 1.807) is 6.08 Å². The molecule has 2 atom stereocenters. The number of hydrogen-bond acceptors (Lipinski definition) is 2. The lowest BCUT2D eigenvalue weighted by Gasteiger charge is -2.36. The summed E-state index contributed by atoms with van der Waals surface area (Å²) in [4.78, 5) is 0. The van der Waals surface area contributed by atoms with Gasteiger partial charge in [0.05, 0.1) is 6.10 Å². The molecule has 1 N–H and O–H groups in total. The highest BCUT2D eigenvalue weighted by Crippen LogP contribution is 2.36. The van der Waals surface area contributed by atoms with Gasteiger partial charge in [0.2, 0.25) is 0 Å². The van der Waals surface area contributed by atoms with Crippen molar-refractivity contribution in [2.45, 2.75) is 64.8 Å². The van der Waals surface area contributed by atoms with E-state index in [-0.39, 0.29) is 17.1 Å². The van der Waals surface area contributed by atoms with Gasteiger partial charge in [0.1, 0.15) is 0 Å². The third-order valence-corrected chi connectivity index (χ3v) is 8.45. The van der Waals surface area contributed by atoms with Gasteiger partial charge in [0.25, 0.3) is 0 Å². The van der Waals surface area contributed by atoms with E-state index in [4.69, 9.17) is 4.43 Å². The van der Waals surface area contributed by atoms with Crippen molar-refractivity contribution in [2.24, 2.45) is 5.92 Å². The van der Waals surface area contributed by atoms with Gasteiger partial charge in [0, 0.05) is 6.61 Å². The van der Waals surface area contributed by atoms with Crippen LogP contribution in [0.25, 0.3) is 0 Å². The normalized spacial score (nSPS) is 16.6. The van der Waals surface area contributed by atoms with E-state index < -0.39 is 8.32 Å². The Hall–Kier alpha value is -0.123. The van der Waals surface area contributed by atoms with E-state index in [0.29, 0.717) is 6.42 Å². The van der Waals surface area contributed by atoms with Gasteiger partial charge in [0.15, 0.2) is 8.32 Å². The average Bonchev–Trinajstić information content (AvgIpc) is 2.15. The van der Waals surface area contributed by atoms with Crippen LogP contribution in [0, 0.1) is 5.92 Å². The van der Waals surface area contributed by atoms with Crippen LogP contribution in [0.1, 0.15) is 40.5 Å². The molecular formula is C14H30O2Si. The third-order valence-electron chi connectivity index (χ3n) is 3.91. The molecule has 0 aromatic carbocycles. The van der Waals surface area contributed by atoms with Crippen LogP contribution >= 0.6 is 0 Å². The minimum atomic E-state index is -1.63. The summed E-state index contributed by atoms with van der Waals surface area (Å²) >= 11 is 0. The predicted molar refractivity (Wildman–Crippen MR) is 77.8 cm³/mol. The van der Waals surface area contributed by atoms with Crippen molar-refractivity contribution in [3.05, 3.63) is 12.7 Å². The molecule has 0 fully saturated rings. The maximum absolute atomic E-state index is 9.79. The second kappa shape index (κ2) is 6.71. The smallest absolute Gasteiger partial charge is 0.191 e. The summed E-state index contributed by atoms with van der Waals surface area (Å²) in [6.45, 7) is 17.7. The first-order valence-corrected chi connectivity index (χ1v) is 9.45. The molecule has 0 aliphatic rings. The fourth-order valence-corrected chi connectivity index (χ4v) is 2.37. The van der Waals surface area contributed by atoms with Crippen molar-refractivity contribution in [1.82, 2.24) is 0 Å². The molecule has 102 valence electrons. The molecule has 0 aliphatic carbocycles. The lowest BCUT2D eigenvalue weighted by atomic mass is 9.99. The monoisotopic (exact) mass is 258 g/mol. The van der Waals surface area contributed by atoms with E-state index >= 15 is 0 Å². The van der Waals surface area contributed by atoms with Crippen molar-refractivity contribution in [1.29, 1.82) is 0 Å². The van der Waals surface area contributed by atoms with E-state index in [9.17, 15) is 5.11 Å². The van der Waals surface area contributed by atoms with Gasteiger partial charge in [-0.25, -0.2) is 0 Å². The van der Waals surface area contributed by atoms with Crippen molar-refractivity contribution < 1.29 is 9.53 Å². The van der Waals surface area contributed by atoms with Crippen molar-refractivity contribution in [2.75, 3.05) is 6.61 Å². The number of aliphatic hydroxyl groups excluding tert-OH is 1. The minimum absolute atomic E-state index is 0.260. The lowest BCUT2D eigenvalue weighted by Crippen LogP contribution is -2.41. The molecule has 2 nitrogen and oxygen atoms in total. The highest BCUT2D eigenvalue weighted by molar-refractivity contribution is 6.74. The van der Waals surface area contributed by atoms with Crippen LogP contribution in [0.15, 0.2) is 12.7 Å². The molecule has 0 bridgehead atoms. The number of rotatable bonds is 7. The second-order valence-corrected chi connectivity index (χ2v) is 11.3. The fraction of sp³-hybridized carbons (Fsp3) is 0.857. The average molecular weight is 258 g/mol. The lowest BCUT2D eigenvalue weighted by molar-refractivity contribution is 0.102. The summed E-state index contributed by atoms with van der Waals surface area (Å²) in [6.07, 6.45) is 3.08. The van der Waals surface area contributed by atoms with Crippen LogP contribution in [0.2, 0.25) is 18.1 Å². The van der Waals surface area contributed by atoms with E-state index in [0.717, 1.165) is 13.0 Å². The topological polar surface area (TPSA) is 29.5 Å². The summed E-state index contributed by atoms with van der Waals surface area (Å²) < 4.78 is 6.09. The molecule has 0 heterocycles. The van der Waals surface area contributed by atoms with Crippen LogP contribution in [0.4, 0.5) is 0 Å². The molecule has 0 rings (SSSR count). The molecule has 0 saturated heterocycles. The van der Waals surface area contributed by atoms with Gasteiger partial charge in [-0.2, -0.15) is 0 Å². The van der Waals surface area contributed by atoms with Crippen molar-refractivity contribution >= 4 is 8.32 Å². The van der Waals surface area contributed by atoms with E-state index in [1.165, 1.54) is 0 Å². The molecular weight excluding hydrogens is 228 g/mol. The highest BCUT2D eigenvalue weighted by atomic mass is 28.4. The van der Waals surface area contributed by atoms with Gasteiger partial charge in [-0.05, 0) is 36.9 Å². The van der Waals surface area contributed by atoms with Gasteiger partial charge < -0.3 is 9.53 Å². The third kappa shape index (κ3) is 5.84. The Morgan fingerprint density at radius 1 is 1.35 bits per heavy atom. The van der Waals surface area contributed by atoms with Gasteiger partial charge in [-0.3, -0.25) is 0 Å². The summed E-state index contributed by atoms with van der Waals surface area (Å²) in [5.41, 5.74) is 0. The Labute approximate surface area is 108 Å². The Kier molecular flexibility index (Phi) is 6.67. The zero-order valence-electron chi connectivity index (χ0n) is 12.4. The molecule has 3 heteroatoms. The van der Waals surface area contributed by atoms with Crippen LogP contribution < -0.4 is 0 Å². The van der Waals surface area contributed by atoms with Crippen molar-refractivity contribution in [3.8, 4) is 0 Å². The molecule has 0 aromatic rings. The zero-order valence-corrected chi connectivity index (χ0v) is 13.4. The summed E-state index contributed by atoms with van der Waals surface area (Å²) in [5, 5.41) is 10.1. The van der Waals surface area contributed by atoms with Crippen LogP contribution in [-0.2, 0) is 4.43 Å². The van der Waals surface area contributed by atoms with Crippen LogP contribution in [-0.4, -0.2) is 26.1 Å². The minimum Gasteiger partial charge on any atom is -0.417 e. The molecule has 0 amide bonds. The Morgan fingerprint density at radius 3 is 2.29 bits per heavy atom. The predicted octanol–water partition coefficient (Wildman–Crippen LogP) is 3.97. The number of hydrogen-bond donors (Lipinski definition) is 1. The standard InChI is InChI=1S/C14H30O2Si/c1-8-9-13(15)12(2)10-11-16-17(6,7)14(3,4)5/h8,12-13,15H,1,9-11H2,2-7H3/t12-,13+/m0/s1. The molecule has 0 aliphatic heterocycles. The first-order valence-electron chi connectivity index (χ1n) is 6.54.